The van der Waals surface area contributed by atoms with Gasteiger partial charge in [0, 0.05) is 24.2 Å². The summed E-state index contributed by atoms with van der Waals surface area (Å²) in [6.45, 7) is 5.86. The van der Waals surface area contributed by atoms with Crippen LogP contribution < -0.4 is 4.74 Å². The van der Waals surface area contributed by atoms with Gasteiger partial charge in [-0.2, -0.15) is 0 Å². The molecule has 0 fully saturated rings. The fourth-order valence-corrected chi connectivity index (χ4v) is 1.46. The van der Waals surface area contributed by atoms with Crippen LogP contribution >= 0.6 is 0 Å². The van der Waals surface area contributed by atoms with Crippen molar-refractivity contribution in [2.24, 2.45) is 0 Å². The molecule has 5 nitrogen and oxygen atoms in total. The van der Waals surface area contributed by atoms with Crippen molar-refractivity contribution in [3.63, 3.8) is 0 Å². The third kappa shape index (κ3) is 2.38. The van der Waals surface area contributed by atoms with Gasteiger partial charge >= 0.3 is 5.97 Å². The SMILES string of the molecule is CC.COc1cc2ncc(C)n2cc1C(=O)O. The summed E-state index contributed by atoms with van der Waals surface area (Å²) >= 11 is 0. The highest BCUT2D eigenvalue weighted by Crippen LogP contribution is 2.21. The number of nitrogens with zero attached hydrogens (tertiary/aromatic N) is 2. The first-order chi connectivity index (χ1) is 8.13. The van der Waals surface area contributed by atoms with Crippen LogP contribution in [-0.2, 0) is 0 Å². The largest absolute Gasteiger partial charge is 0.496 e. The molecule has 0 radical (unpaired) electrons. The number of hydrogen-bond donors (Lipinski definition) is 1. The van der Waals surface area contributed by atoms with Gasteiger partial charge in [0.05, 0.1) is 7.11 Å². The van der Waals surface area contributed by atoms with Gasteiger partial charge in [-0.25, -0.2) is 9.78 Å². The van der Waals surface area contributed by atoms with Gasteiger partial charge in [-0.05, 0) is 6.92 Å². The van der Waals surface area contributed by atoms with Crippen molar-refractivity contribution < 1.29 is 14.6 Å². The van der Waals surface area contributed by atoms with Crippen LogP contribution in [0.1, 0.15) is 29.9 Å². The van der Waals surface area contributed by atoms with E-state index in [1.54, 1.807) is 16.7 Å². The lowest BCUT2D eigenvalue weighted by molar-refractivity contribution is 0.0693. The predicted octanol–water partition coefficient (Wildman–Crippen LogP) is 2.38. The second kappa shape index (κ2) is 5.34. The number of aromatic carboxylic acids is 1. The molecule has 0 aliphatic carbocycles. The van der Waals surface area contributed by atoms with Gasteiger partial charge in [0.25, 0.3) is 0 Å². The average molecular weight is 236 g/mol. The highest BCUT2D eigenvalue weighted by molar-refractivity contribution is 5.91. The molecule has 0 aliphatic heterocycles. The van der Waals surface area contributed by atoms with Crippen LogP contribution in [0.15, 0.2) is 18.5 Å². The zero-order valence-corrected chi connectivity index (χ0v) is 10.4. The predicted molar refractivity (Wildman–Crippen MR) is 64.8 cm³/mol. The van der Waals surface area contributed by atoms with Gasteiger partial charge in [-0.1, -0.05) is 13.8 Å². The number of pyridine rings is 1. The topological polar surface area (TPSA) is 63.8 Å². The number of carboxylic acid groups (broad SMARTS) is 1. The summed E-state index contributed by atoms with van der Waals surface area (Å²) in [5.41, 5.74) is 1.69. The highest BCUT2D eigenvalue weighted by atomic mass is 16.5. The zero-order chi connectivity index (χ0) is 13.0. The molecule has 5 heteroatoms. The maximum atomic E-state index is 10.9. The molecule has 1 N–H and O–H groups in total. The van der Waals surface area contributed by atoms with Crippen LogP contribution in [0.3, 0.4) is 0 Å². The van der Waals surface area contributed by atoms with Gasteiger partial charge in [0.15, 0.2) is 0 Å². The highest BCUT2D eigenvalue weighted by Gasteiger charge is 2.13. The number of aromatic nitrogens is 2. The van der Waals surface area contributed by atoms with Crippen LogP contribution in [0, 0.1) is 6.92 Å². The maximum absolute atomic E-state index is 10.9. The van der Waals surface area contributed by atoms with Crippen molar-refractivity contribution in [2.45, 2.75) is 20.8 Å². The molecule has 2 rings (SSSR count). The van der Waals surface area contributed by atoms with E-state index in [4.69, 9.17) is 9.84 Å². The minimum atomic E-state index is -1.01. The second-order valence-corrected chi connectivity index (χ2v) is 3.19. The lowest BCUT2D eigenvalue weighted by atomic mass is 10.2. The summed E-state index contributed by atoms with van der Waals surface area (Å²) in [6.07, 6.45) is 3.19. The van der Waals surface area contributed by atoms with Crippen LogP contribution in [0.25, 0.3) is 5.65 Å². The van der Waals surface area contributed by atoms with E-state index in [0.29, 0.717) is 11.4 Å². The zero-order valence-electron chi connectivity index (χ0n) is 10.4. The number of fused-ring (bicyclic) bond motifs is 1. The minimum absolute atomic E-state index is 0.131. The Hall–Kier alpha value is -2.04. The lowest BCUT2D eigenvalue weighted by Crippen LogP contribution is -2.03. The third-order valence-electron chi connectivity index (χ3n) is 2.24. The number of rotatable bonds is 2. The minimum Gasteiger partial charge on any atom is -0.496 e. The van der Waals surface area contributed by atoms with E-state index in [2.05, 4.69) is 4.98 Å². The van der Waals surface area contributed by atoms with E-state index >= 15 is 0 Å². The smallest absolute Gasteiger partial charge is 0.341 e. The summed E-state index contributed by atoms with van der Waals surface area (Å²) < 4.78 is 6.70. The lowest BCUT2D eigenvalue weighted by Gasteiger charge is -2.05. The van der Waals surface area contributed by atoms with E-state index in [1.807, 2.05) is 20.8 Å². The number of ether oxygens (including phenoxy) is 1. The van der Waals surface area contributed by atoms with Crippen molar-refractivity contribution >= 4 is 11.6 Å². The standard InChI is InChI=1S/C10H10N2O3.C2H6/c1-6-4-11-9-3-8(15-2)7(10(13)14)5-12(6)9;1-2/h3-5H,1-2H3,(H,13,14);1-2H3. The summed E-state index contributed by atoms with van der Waals surface area (Å²) in [7, 11) is 1.44. The molecule has 2 aromatic heterocycles. The van der Waals surface area contributed by atoms with Crippen LogP contribution in [0.2, 0.25) is 0 Å². The van der Waals surface area contributed by atoms with Gasteiger partial charge in [-0.3, -0.25) is 0 Å². The molecule has 0 amide bonds. The van der Waals surface area contributed by atoms with Gasteiger partial charge < -0.3 is 14.2 Å². The quantitative estimate of drug-likeness (QED) is 0.869. The molecule has 0 bridgehead atoms. The Morgan fingerprint density at radius 1 is 1.47 bits per heavy atom. The van der Waals surface area contributed by atoms with Crippen LogP contribution in [-0.4, -0.2) is 27.6 Å². The maximum Gasteiger partial charge on any atom is 0.341 e. The molecule has 2 aromatic rings. The second-order valence-electron chi connectivity index (χ2n) is 3.19. The Balaban J connectivity index is 0.000000686. The molecule has 0 atom stereocenters. The van der Waals surface area contributed by atoms with Crippen molar-refractivity contribution in [3.05, 3.63) is 29.7 Å². The Morgan fingerprint density at radius 3 is 2.65 bits per heavy atom. The Bertz CT molecular complexity index is 532. The normalized spacial score (nSPS) is 9.65. The van der Waals surface area contributed by atoms with E-state index in [1.165, 1.54) is 13.3 Å². The molecule has 2 heterocycles. The number of carbonyl (C=O) groups is 1. The number of aryl methyl sites for hydroxylation is 1. The van der Waals surface area contributed by atoms with E-state index in [0.717, 1.165) is 5.69 Å². The molecule has 17 heavy (non-hydrogen) atoms. The number of carboxylic acids is 1. The van der Waals surface area contributed by atoms with Crippen molar-refractivity contribution in [1.82, 2.24) is 9.38 Å². The molecular formula is C12H16N2O3. The average Bonchev–Trinajstić information content (AvgIpc) is 2.71. The van der Waals surface area contributed by atoms with Crippen LogP contribution in [0.5, 0.6) is 5.75 Å². The molecule has 0 saturated carbocycles. The number of methoxy groups -OCH3 is 1. The van der Waals surface area contributed by atoms with Crippen molar-refractivity contribution in [3.8, 4) is 5.75 Å². The monoisotopic (exact) mass is 236 g/mol. The molecule has 92 valence electrons. The molecule has 0 spiro atoms. The van der Waals surface area contributed by atoms with Gasteiger partial charge in [-0.15, -0.1) is 0 Å². The first-order valence-corrected chi connectivity index (χ1v) is 5.38. The summed E-state index contributed by atoms with van der Waals surface area (Å²) in [5.74, 6) is -0.692. The Kier molecular flexibility index (Phi) is 4.09. The molecule has 0 saturated heterocycles. The molecule has 0 aromatic carbocycles. The van der Waals surface area contributed by atoms with Gasteiger partial charge in [0.2, 0.25) is 0 Å². The van der Waals surface area contributed by atoms with Crippen LogP contribution in [0.4, 0.5) is 0 Å². The summed E-state index contributed by atoms with van der Waals surface area (Å²) in [6, 6.07) is 1.61. The Labute approximate surface area is 99.7 Å². The van der Waals surface area contributed by atoms with E-state index in [-0.39, 0.29) is 5.56 Å². The van der Waals surface area contributed by atoms with E-state index < -0.39 is 5.97 Å². The first-order valence-electron chi connectivity index (χ1n) is 5.38. The summed E-state index contributed by atoms with van der Waals surface area (Å²) in [5, 5.41) is 8.97. The molecule has 0 unspecified atom stereocenters. The number of imidazole rings is 1. The number of hydrogen-bond acceptors (Lipinski definition) is 3. The van der Waals surface area contributed by atoms with E-state index in [9.17, 15) is 4.79 Å². The van der Waals surface area contributed by atoms with Crippen molar-refractivity contribution in [2.75, 3.05) is 7.11 Å². The molecular weight excluding hydrogens is 220 g/mol. The fraction of sp³-hybridized carbons (Fsp3) is 0.333. The third-order valence-corrected chi connectivity index (χ3v) is 2.24. The van der Waals surface area contributed by atoms with Gasteiger partial charge in [0.1, 0.15) is 17.0 Å². The summed E-state index contributed by atoms with van der Waals surface area (Å²) in [4.78, 5) is 15.1. The van der Waals surface area contributed by atoms with Crippen molar-refractivity contribution in [1.29, 1.82) is 0 Å². The molecule has 0 aliphatic rings. The Morgan fingerprint density at radius 2 is 2.12 bits per heavy atom. The first kappa shape index (κ1) is 13.0. The fourth-order valence-electron chi connectivity index (χ4n) is 1.46.